The van der Waals surface area contributed by atoms with E-state index in [2.05, 4.69) is 78.5 Å². The number of fused-ring (bicyclic) bond motifs is 3. The Labute approximate surface area is 252 Å². The predicted octanol–water partition coefficient (Wildman–Crippen LogP) is 9.61. The molecule has 0 aromatic heterocycles. The van der Waals surface area contributed by atoms with Crippen molar-refractivity contribution in [2.75, 3.05) is 19.8 Å². The Hall–Kier alpha value is -0.593. The van der Waals surface area contributed by atoms with E-state index in [9.17, 15) is 5.53 Å². The van der Waals surface area contributed by atoms with Gasteiger partial charge in [-0.25, -0.2) is 0 Å². The third-order valence-corrected chi connectivity index (χ3v) is 18.7. The highest BCUT2D eigenvalue weighted by Gasteiger charge is 2.68. The van der Waals surface area contributed by atoms with Crippen LogP contribution < -0.4 is 0 Å². The van der Waals surface area contributed by atoms with E-state index in [1.807, 2.05) is 0 Å². The topological polar surface area (TPSA) is 76.5 Å². The fourth-order valence-corrected chi connectivity index (χ4v) is 11.5. The predicted molar refractivity (Wildman–Crippen MR) is 169 cm³/mol. The first-order valence-electron chi connectivity index (χ1n) is 17.0. The number of azide groups is 1. The maximum Gasteiger partial charge on any atom is 0.191 e. The number of nitrogens with zero attached hydrogens (tertiary/aromatic N) is 3. The first kappa shape index (κ1) is 31.8. The molecule has 1 spiro atoms. The summed E-state index contributed by atoms with van der Waals surface area (Å²) in [4.78, 5) is 3.31. The zero-order valence-electron chi connectivity index (χ0n) is 28.0. The van der Waals surface area contributed by atoms with E-state index in [0.717, 1.165) is 32.0 Å². The highest BCUT2D eigenvalue weighted by atomic mass is 28.4. The molecule has 0 radical (unpaired) electrons. The van der Waals surface area contributed by atoms with Crippen LogP contribution in [0, 0.1) is 58.2 Å². The molecular weight excluding hydrogens is 526 g/mol. The summed E-state index contributed by atoms with van der Waals surface area (Å²) < 4.78 is 20.5. The van der Waals surface area contributed by atoms with E-state index in [0.29, 0.717) is 48.0 Å². The zero-order chi connectivity index (χ0) is 30.0. The summed E-state index contributed by atoms with van der Waals surface area (Å²) in [6.07, 6.45) is 9.85. The zero-order valence-corrected chi connectivity index (χ0v) is 29.0. The van der Waals surface area contributed by atoms with Crippen molar-refractivity contribution in [2.45, 2.75) is 137 Å². The minimum Gasteiger partial charge on any atom is -0.417 e. The minimum absolute atomic E-state index is 0.206. The molecule has 5 fully saturated rings. The molecular formula is C34H61N3O3Si. The number of hydrogen-bond donors (Lipinski definition) is 0. The van der Waals surface area contributed by atoms with Crippen molar-refractivity contribution < 1.29 is 13.9 Å². The lowest BCUT2D eigenvalue weighted by atomic mass is 9.48. The number of ether oxygens (including phenoxy) is 2. The quantitative estimate of drug-likeness (QED) is 0.134. The van der Waals surface area contributed by atoms with Crippen molar-refractivity contribution >= 4 is 8.32 Å². The maximum atomic E-state index is 9.49. The molecule has 3 saturated carbocycles. The summed E-state index contributed by atoms with van der Waals surface area (Å²) in [5, 5.41) is 4.53. The van der Waals surface area contributed by atoms with Gasteiger partial charge in [0.05, 0.1) is 12.7 Å². The molecule has 0 bridgehead atoms. The Morgan fingerprint density at radius 2 is 1.63 bits per heavy atom. The Balaban J connectivity index is 1.41. The maximum absolute atomic E-state index is 9.49. The highest BCUT2D eigenvalue weighted by Crippen LogP contribution is 2.69. The molecule has 0 aromatic rings. The Kier molecular flexibility index (Phi) is 8.60. The summed E-state index contributed by atoms with van der Waals surface area (Å²) in [5.74, 6) is 3.96. The molecule has 5 aliphatic rings. The van der Waals surface area contributed by atoms with Crippen LogP contribution >= 0.6 is 0 Å². The van der Waals surface area contributed by atoms with Crippen LogP contribution in [0.3, 0.4) is 0 Å². The third-order valence-electron chi connectivity index (χ3n) is 14.2. The van der Waals surface area contributed by atoms with Gasteiger partial charge in [0, 0.05) is 30.4 Å². The Morgan fingerprint density at radius 3 is 2.27 bits per heavy atom. The van der Waals surface area contributed by atoms with E-state index in [1.165, 1.54) is 38.5 Å². The van der Waals surface area contributed by atoms with Gasteiger partial charge in [0.2, 0.25) is 0 Å². The average molecular weight is 588 g/mol. The second-order valence-corrected chi connectivity index (χ2v) is 22.3. The summed E-state index contributed by atoms with van der Waals surface area (Å²) in [6, 6.07) is 0. The van der Waals surface area contributed by atoms with Gasteiger partial charge in [-0.3, -0.25) is 0 Å². The second-order valence-electron chi connectivity index (χ2n) is 17.5. The summed E-state index contributed by atoms with van der Waals surface area (Å²) >= 11 is 0. The van der Waals surface area contributed by atoms with E-state index >= 15 is 0 Å². The number of hydrogen-bond acceptors (Lipinski definition) is 4. The average Bonchev–Trinajstić information content (AvgIpc) is 3.34. The van der Waals surface area contributed by atoms with Crippen LogP contribution in [0.4, 0.5) is 0 Å². The van der Waals surface area contributed by atoms with Crippen molar-refractivity contribution in [3.05, 3.63) is 10.4 Å². The van der Waals surface area contributed by atoms with Crippen LogP contribution in [0.5, 0.6) is 0 Å². The fourth-order valence-electron chi connectivity index (χ4n) is 10.4. The van der Waals surface area contributed by atoms with Gasteiger partial charge in [-0.15, -0.1) is 0 Å². The molecule has 0 aromatic carbocycles. The van der Waals surface area contributed by atoms with Crippen molar-refractivity contribution in [2.24, 2.45) is 63.3 Å². The number of rotatable bonds is 6. The lowest BCUT2D eigenvalue weighted by molar-refractivity contribution is -0.272. The van der Waals surface area contributed by atoms with Gasteiger partial charge in [0.25, 0.3) is 0 Å². The molecule has 3 aliphatic carbocycles. The van der Waals surface area contributed by atoms with Crippen molar-refractivity contribution in [3.63, 3.8) is 0 Å². The normalized spacial score (nSPS) is 48.5. The van der Waals surface area contributed by atoms with Crippen LogP contribution in [-0.2, 0) is 13.9 Å². The van der Waals surface area contributed by atoms with Gasteiger partial charge in [-0.05, 0) is 114 Å². The van der Waals surface area contributed by atoms with Crippen LogP contribution in [-0.4, -0.2) is 40.0 Å². The molecule has 1 unspecified atom stereocenters. The van der Waals surface area contributed by atoms with Crippen LogP contribution in [0.15, 0.2) is 5.11 Å². The molecule has 0 N–H and O–H groups in total. The summed E-state index contributed by atoms with van der Waals surface area (Å²) in [6.45, 7) is 26.5. The molecule has 234 valence electrons. The van der Waals surface area contributed by atoms with Crippen molar-refractivity contribution in [1.82, 2.24) is 0 Å². The first-order valence-corrected chi connectivity index (χ1v) is 20.0. The summed E-state index contributed by atoms with van der Waals surface area (Å²) in [5.41, 5.74) is 9.91. The lowest BCUT2D eigenvalue weighted by Gasteiger charge is -2.58. The molecule has 2 saturated heterocycles. The molecule has 7 heteroatoms. The van der Waals surface area contributed by atoms with Gasteiger partial charge in [0.1, 0.15) is 0 Å². The third kappa shape index (κ3) is 5.36. The smallest absolute Gasteiger partial charge is 0.191 e. The highest BCUT2D eigenvalue weighted by molar-refractivity contribution is 6.74. The molecule has 41 heavy (non-hydrogen) atoms. The summed E-state index contributed by atoms with van der Waals surface area (Å²) in [7, 11) is -1.84. The largest absolute Gasteiger partial charge is 0.417 e. The van der Waals surface area contributed by atoms with Gasteiger partial charge < -0.3 is 13.9 Å². The van der Waals surface area contributed by atoms with Crippen molar-refractivity contribution in [1.29, 1.82) is 0 Å². The molecule has 5 rings (SSSR count). The monoisotopic (exact) mass is 587 g/mol. The van der Waals surface area contributed by atoms with Gasteiger partial charge in [-0.1, -0.05) is 66.9 Å². The molecule has 0 amide bonds. The van der Waals surface area contributed by atoms with Gasteiger partial charge >= 0.3 is 0 Å². The Morgan fingerprint density at radius 1 is 0.951 bits per heavy atom. The SMILES string of the molecule is CC1CC[C@@]2(OC1)O[C@H]1C[C@H]3[C@H](CN=[N+]=[N-])[C@@H]([C@@]4(C)CC[C@H](C)C[C@@H]4CO[Si](C)(C)C(C)(C)C)CC[C@]3(C)[C@H]1[C@@H]2C. The van der Waals surface area contributed by atoms with E-state index in [-0.39, 0.29) is 27.8 Å². The standard InChI is InChI=1S/C34H61N3O3Si/c1-22-11-14-32(7,25(17-22)21-39-41(9,10)31(4,5)6)27-13-15-33(8)28(26(27)19-36-37-35)18-29-30(33)24(3)34(40-29)16-12-23(2)20-38-34/h22-30H,11-21H2,1-10H3/t22-,23?,24-,25+,26+,27-,28-,29-,30-,32-,33-,34+/m0/s1. The molecule has 2 aliphatic heterocycles. The Bertz CT molecular complexity index is 1000. The fraction of sp³-hybridized carbons (Fsp3) is 1.00. The second kappa shape index (κ2) is 11.1. The first-order chi connectivity index (χ1) is 19.1. The molecule has 6 nitrogen and oxygen atoms in total. The van der Waals surface area contributed by atoms with Crippen molar-refractivity contribution in [3.8, 4) is 0 Å². The minimum atomic E-state index is -1.84. The molecule has 2 heterocycles. The van der Waals surface area contributed by atoms with E-state index in [1.54, 1.807) is 0 Å². The van der Waals surface area contributed by atoms with Gasteiger partial charge in [-0.2, -0.15) is 0 Å². The molecule has 12 atom stereocenters. The van der Waals surface area contributed by atoms with E-state index in [4.69, 9.17) is 13.9 Å². The lowest BCUT2D eigenvalue weighted by Crippen LogP contribution is -2.54. The van der Waals surface area contributed by atoms with Crippen LogP contribution in [0.2, 0.25) is 18.1 Å². The van der Waals surface area contributed by atoms with Crippen LogP contribution in [0.1, 0.15) is 107 Å². The van der Waals surface area contributed by atoms with E-state index < -0.39 is 8.32 Å². The van der Waals surface area contributed by atoms with Gasteiger partial charge in [0.15, 0.2) is 14.1 Å². The van der Waals surface area contributed by atoms with Crippen LogP contribution in [0.25, 0.3) is 10.4 Å².